The van der Waals surface area contributed by atoms with Gasteiger partial charge in [0.05, 0.1) is 0 Å². The Hall–Kier alpha value is -1.20. The molecule has 0 aromatic heterocycles. The van der Waals surface area contributed by atoms with E-state index in [1.165, 1.54) is 5.56 Å². The Morgan fingerprint density at radius 3 is 2.79 bits per heavy atom. The van der Waals surface area contributed by atoms with Crippen molar-refractivity contribution in [3.05, 3.63) is 29.8 Å². The van der Waals surface area contributed by atoms with Crippen LogP contribution in [0.5, 0.6) is 0 Å². The molecule has 0 radical (unpaired) electrons. The molecule has 1 aromatic rings. The van der Waals surface area contributed by atoms with E-state index in [4.69, 9.17) is 11.0 Å². The van der Waals surface area contributed by atoms with Crippen LogP contribution in [0.3, 0.4) is 0 Å². The largest absolute Gasteiger partial charge is 0.332 e. The minimum atomic E-state index is 0.505. The number of hydrazone groups is 1. The fraction of sp³-hybridized carbons (Fsp3) is 0.222. The van der Waals surface area contributed by atoms with Crippen molar-refractivity contribution < 1.29 is 0 Å². The highest BCUT2D eigenvalue weighted by Gasteiger charge is 2.02. The molecular weight excluding hydrogens is 196 g/mol. The number of benzene rings is 1. The van der Waals surface area contributed by atoms with Gasteiger partial charge in [0.25, 0.3) is 0 Å². The van der Waals surface area contributed by atoms with Crippen LogP contribution < -0.4 is 16.3 Å². The first-order valence-corrected chi connectivity index (χ1v) is 5.19. The van der Waals surface area contributed by atoms with Crippen molar-refractivity contribution in [1.82, 2.24) is 0 Å². The molecule has 1 aromatic carbocycles. The second-order valence-electron chi connectivity index (χ2n) is 2.69. The first-order valence-electron chi connectivity index (χ1n) is 4.31. The van der Waals surface area contributed by atoms with E-state index < -0.39 is 0 Å². The molecule has 0 spiro atoms. The van der Waals surface area contributed by atoms with E-state index in [0.717, 1.165) is 24.1 Å². The highest BCUT2D eigenvalue weighted by molar-refractivity contribution is 8.12. The first kappa shape index (κ1) is 10.9. The molecule has 0 atom stereocenters. The van der Waals surface area contributed by atoms with Crippen molar-refractivity contribution in [1.29, 1.82) is 0 Å². The maximum absolute atomic E-state index is 5.37. The third kappa shape index (κ3) is 2.65. The second-order valence-corrected chi connectivity index (χ2v) is 3.31. The summed E-state index contributed by atoms with van der Waals surface area (Å²) in [7, 11) is 0. The summed E-state index contributed by atoms with van der Waals surface area (Å²) in [6.07, 6.45) is 0.955. The number of anilines is 1. The maximum atomic E-state index is 5.37. The van der Waals surface area contributed by atoms with E-state index in [-0.39, 0.29) is 0 Å². The minimum Gasteiger partial charge on any atom is -0.332 e. The monoisotopic (exact) mass is 210 g/mol. The van der Waals surface area contributed by atoms with Crippen molar-refractivity contribution in [2.75, 3.05) is 5.32 Å². The summed E-state index contributed by atoms with van der Waals surface area (Å²) < 4.78 is 0. The highest BCUT2D eigenvalue weighted by Crippen LogP contribution is 2.16. The number of nitrogens with two attached hydrogens (primary N) is 2. The smallest absolute Gasteiger partial charge is 0.199 e. The van der Waals surface area contributed by atoms with E-state index in [9.17, 15) is 0 Å². The number of aryl methyl sites for hydroxylation is 1. The molecule has 76 valence electrons. The van der Waals surface area contributed by atoms with Crippen molar-refractivity contribution in [2.24, 2.45) is 16.1 Å². The third-order valence-corrected chi connectivity index (χ3v) is 2.30. The van der Waals surface area contributed by atoms with Crippen molar-refractivity contribution in [3.8, 4) is 0 Å². The summed E-state index contributed by atoms with van der Waals surface area (Å²) in [5.74, 6) is 5.15. The average Bonchev–Trinajstić information content (AvgIpc) is 2.26. The van der Waals surface area contributed by atoms with Gasteiger partial charge in [0.1, 0.15) is 0 Å². The van der Waals surface area contributed by atoms with Crippen LogP contribution in [-0.2, 0) is 6.42 Å². The lowest BCUT2D eigenvalue weighted by molar-refractivity contribution is 1.14. The van der Waals surface area contributed by atoms with Crippen LogP contribution in [0.2, 0.25) is 0 Å². The zero-order chi connectivity index (χ0) is 10.4. The van der Waals surface area contributed by atoms with Gasteiger partial charge >= 0.3 is 0 Å². The summed E-state index contributed by atoms with van der Waals surface area (Å²) in [4.78, 5) is 0. The van der Waals surface area contributed by atoms with Crippen LogP contribution in [0.15, 0.2) is 29.4 Å². The first-order chi connectivity index (χ1) is 6.81. The van der Waals surface area contributed by atoms with E-state index in [1.807, 2.05) is 18.2 Å². The van der Waals surface area contributed by atoms with Gasteiger partial charge < -0.3 is 11.2 Å². The minimum absolute atomic E-state index is 0.505. The maximum Gasteiger partial charge on any atom is 0.199 e. The summed E-state index contributed by atoms with van der Waals surface area (Å²) in [6.45, 7) is 2.09. The van der Waals surface area contributed by atoms with Crippen LogP contribution in [0.25, 0.3) is 0 Å². The van der Waals surface area contributed by atoms with Crippen LogP contribution in [0.4, 0.5) is 5.69 Å². The van der Waals surface area contributed by atoms with Crippen LogP contribution in [-0.4, -0.2) is 5.17 Å². The molecule has 0 saturated carbocycles. The van der Waals surface area contributed by atoms with Crippen LogP contribution in [0.1, 0.15) is 12.5 Å². The molecule has 5 heteroatoms. The molecule has 5 N–H and O–H groups in total. The van der Waals surface area contributed by atoms with Gasteiger partial charge in [0, 0.05) is 5.69 Å². The third-order valence-electron chi connectivity index (χ3n) is 1.87. The predicted molar refractivity (Wildman–Crippen MR) is 62.8 cm³/mol. The Labute approximate surface area is 87.9 Å². The number of rotatable bonds is 2. The quantitative estimate of drug-likeness (QED) is 0.227. The lowest BCUT2D eigenvalue weighted by Gasteiger charge is -2.09. The van der Waals surface area contributed by atoms with Crippen LogP contribution >= 0.6 is 11.9 Å². The fourth-order valence-corrected chi connectivity index (χ4v) is 1.39. The molecule has 0 saturated heterocycles. The molecule has 0 aliphatic heterocycles. The topological polar surface area (TPSA) is 76.4 Å². The fourth-order valence-electron chi connectivity index (χ4n) is 1.16. The van der Waals surface area contributed by atoms with Gasteiger partial charge in [0.2, 0.25) is 0 Å². The van der Waals surface area contributed by atoms with E-state index in [2.05, 4.69) is 23.4 Å². The Balaban J connectivity index is 2.85. The number of nitrogens with one attached hydrogen (secondary N) is 1. The Morgan fingerprint density at radius 2 is 2.21 bits per heavy atom. The lowest BCUT2D eigenvalue weighted by atomic mass is 10.1. The van der Waals surface area contributed by atoms with E-state index in [0.29, 0.717) is 5.17 Å². The highest BCUT2D eigenvalue weighted by atomic mass is 32.2. The number of amidine groups is 1. The summed E-state index contributed by atoms with van der Waals surface area (Å²) in [5.41, 5.74) is 2.21. The number of hydrogen-bond donors (Lipinski definition) is 3. The van der Waals surface area contributed by atoms with Crippen LogP contribution in [0, 0.1) is 0 Å². The zero-order valence-corrected chi connectivity index (χ0v) is 8.84. The predicted octanol–water partition coefficient (Wildman–Crippen LogP) is 1.50. The lowest BCUT2D eigenvalue weighted by Crippen LogP contribution is -2.13. The van der Waals surface area contributed by atoms with Crippen molar-refractivity contribution in [3.63, 3.8) is 0 Å². The number of para-hydroxylation sites is 1. The van der Waals surface area contributed by atoms with Gasteiger partial charge in [-0.2, -0.15) is 5.10 Å². The van der Waals surface area contributed by atoms with Crippen molar-refractivity contribution in [2.45, 2.75) is 13.3 Å². The molecule has 0 aliphatic rings. The van der Waals surface area contributed by atoms with E-state index in [1.54, 1.807) is 0 Å². The molecule has 0 fully saturated rings. The van der Waals surface area contributed by atoms with Gasteiger partial charge in [-0.15, -0.1) is 0 Å². The van der Waals surface area contributed by atoms with Gasteiger partial charge in [-0.25, -0.2) is 0 Å². The zero-order valence-electron chi connectivity index (χ0n) is 8.03. The number of hydrogen-bond acceptors (Lipinski definition) is 4. The normalized spacial score (nSPS) is 11.4. The molecule has 4 nitrogen and oxygen atoms in total. The van der Waals surface area contributed by atoms with Gasteiger partial charge in [-0.05, 0) is 30.0 Å². The van der Waals surface area contributed by atoms with Gasteiger partial charge in [-0.3, -0.25) is 5.14 Å². The molecular formula is C9H14N4S. The molecule has 0 bridgehead atoms. The average molecular weight is 210 g/mol. The standard InChI is InChI=1S/C9H14N4S/c1-2-7-5-3-4-6-8(7)12-9(13-10)14-11/h3-6H,2,10-11H2,1H3,(H,12,13). The Bertz CT molecular complexity index is 324. The summed E-state index contributed by atoms with van der Waals surface area (Å²) in [5, 5.41) is 12.5. The number of nitrogens with zero attached hydrogens (tertiary/aromatic N) is 1. The molecule has 0 heterocycles. The molecule has 14 heavy (non-hydrogen) atoms. The molecule has 0 amide bonds. The van der Waals surface area contributed by atoms with Gasteiger partial charge in [-0.1, -0.05) is 25.1 Å². The summed E-state index contributed by atoms with van der Waals surface area (Å²) in [6, 6.07) is 7.98. The Morgan fingerprint density at radius 1 is 1.50 bits per heavy atom. The van der Waals surface area contributed by atoms with Gasteiger partial charge in [0.15, 0.2) is 5.17 Å². The molecule has 0 aliphatic carbocycles. The molecule has 0 unspecified atom stereocenters. The van der Waals surface area contributed by atoms with Crippen molar-refractivity contribution >= 4 is 22.8 Å². The second kappa shape index (κ2) is 5.51. The summed E-state index contributed by atoms with van der Waals surface area (Å²) >= 11 is 0.998. The Kier molecular flexibility index (Phi) is 4.28. The SMILES string of the molecule is CCc1ccccc1N/C(=N/N)SN. The molecule has 1 rings (SSSR count). The van der Waals surface area contributed by atoms with E-state index >= 15 is 0 Å².